The van der Waals surface area contributed by atoms with Crippen LogP contribution in [0.3, 0.4) is 0 Å². The van der Waals surface area contributed by atoms with E-state index in [0.29, 0.717) is 18.0 Å². The lowest BCUT2D eigenvalue weighted by Crippen LogP contribution is -2.55. The summed E-state index contributed by atoms with van der Waals surface area (Å²) in [6.07, 6.45) is 0. The number of morpholine rings is 1. The Bertz CT molecular complexity index is 884. The molecule has 8 nitrogen and oxygen atoms in total. The smallest absolute Gasteiger partial charge is 0.249 e. The average Bonchev–Trinajstić information content (AvgIpc) is 2.79. The first-order valence-corrected chi connectivity index (χ1v) is 9.54. The molecule has 2 amide bonds. The van der Waals surface area contributed by atoms with Crippen molar-refractivity contribution in [1.29, 1.82) is 0 Å². The number of nitrogens with one attached hydrogen (secondary N) is 1. The number of methoxy groups -OCH3 is 3. The summed E-state index contributed by atoms with van der Waals surface area (Å²) in [6, 6.07) is 12.1. The van der Waals surface area contributed by atoms with Crippen LogP contribution < -0.4 is 19.5 Å². The van der Waals surface area contributed by atoms with Crippen molar-refractivity contribution in [3.63, 3.8) is 0 Å². The van der Waals surface area contributed by atoms with Crippen molar-refractivity contribution in [2.75, 3.05) is 34.5 Å². The van der Waals surface area contributed by atoms with Crippen LogP contribution in [0.25, 0.3) is 0 Å². The van der Waals surface area contributed by atoms with E-state index < -0.39 is 6.04 Å². The Kier molecular flexibility index (Phi) is 7.13. The molecule has 0 aliphatic carbocycles. The Balaban J connectivity index is 1.69. The Labute approximate surface area is 175 Å². The molecule has 30 heavy (non-hydrogen) atoms. The van der Waals surface area contributed by atoms with Crippen LogP contribution in [-0.4, -0.2) is 57.3 Å². The molecule has 1 N–H and O–H groups in total. The number of hydrogen-bond donors (Lipinski definition) is 1. The van der Waals surface area contributed by atoms with Gasteiger partial charge in [-0.15, -0.1) is 0 Å². The summed E-state index contributed by atoms with van der Waals surface area (Å²) in [5.41, 5.74) is 1.76. The summed E-state index contributed by atoms with van der Waals surface area (Å²) in [6.45, 7) is 0.712. The molecule has 0 spiro atoms. The van der Waals surface area contributed by atoms with E-state index in [4.69, 9.17) is 18.9 Å². The minimum absolute atomic E-state index is 0.0461. The number of hydrogen-bond acceptors (Lipinski definition) is 6. The molecule has 1 aliphatic heterocycles. The monoisotopic (exact) mass is 414 g/mol. The molecule has 2 aromatic carbocycles. The van der Waals surface area contributed by atoms with E-state index in [2.05, 4.69) is 5.32 Å². The molecular weight excluding hydrogens is 388 g/mol. The fourth-order valence-electron chi connectivity index (χ4n) is 3.25. The van der Waals surface area contributed by atoms with Gasteiger partial charge in [-0.1, -0.05) is 18.2 Å². The van der Waals surface area contributed by atoms with Gasteiger partial charge in [0, 0.05) is 13.1 Å². The van der Waals surface area contributed by atoms with E-state index >= 15 is 0 Å². The Morgan fingerprint density at radius 3 is 2.40 bits per heavy atom. The Hall–Kier alpha value is -3.26. The molecule has 1 heterocycles. The standard InChI is InChI=1S/C22H26N2O6/c1-27-17-7-4-15(5-8-17)11-23-22(26)18-13-30-14-21(25)24(18)12-16-6-9-19(28-2)20(10-16)29-3/h4-10,18H,11-14H2,1-3H3,(H,23,26)/t18-/m0/s1. The van der Waals surface area contributed by atoms with Crippen molar-refractivity contribution in [2.24, 2.45) is 0 Å². The molecule has 0 aromatic heterocycles. The van der Waals surface area contributed by atoms with Crippen LogP contribution >= 0.6 is 0 Å². The highest BCUT2D eigenvalue weighted by Crippen LogP contribution is 2.28. The van der Waals surface area contributed by atoms with E-state index in [1.165, 1.54) is 4.90 Å². The number of nitrogens with zero attached hydrogens (tertiary/aromatic N) is 1. The number of ether oxygens (including phenoxy) is 4. The summed E-state index contributed by atoms with van der Waals surface area (Å²) in [7, 11) is 4.72. The van der Waals surface area contributed by atoms with Crippen LogP contribution in [-0.2, 0) is 27.4 Å². The van der Waals surface area contributed by atoms with Crippen LogP contribution in [0.15, 0.2) is 42.5 Å². The van der Waals surface area contributed by atoms with E-state index in [0.717, 1.165) is 16.9 Å². The lowest BCUT2D eigenvalue weighted by atomic mass is 10.1. The summed E-state index contributed by atoms with van der Waals surface area (Å²) >= 11 is 0. The van der Waals surface area contributed by atoms with Crippen LogP contribution in [0, 0.1) is 0 Å². The van der Waals surface area contributed by atoms with Gasteiger partial charge in [-0.05, 0) is 35.4 Å². The normalized spacial score (nSPS) is 16.2. The lowest BCUT2D eigenvalue weighted by Gasteiger charge is -2.34. The zero-order valence-electron chi connectivity index (χ0n) is 17.3. The molecule has 0 bridgehead atoms. The maximum atomic E-state index is 12.8. The number of carbonyl (C=O) groups excluding carboxylic acids is 2. The molecular formula is C22H26N2O6. The van der Waals surface area contributed by atoms with Gasteiger partial charge in [0.25, 0.3) is 0 Å². The van der Waals surface area contributed by atoms with Gasteiger partial charge in [0.15, 0.2) is 11.5 Å². The van der Waals surface area contributed by atoms with E-state index in [1.54, 1.807) is 33.5 Å². The maximum Gasteiger partial charge on any atom is 0.249 e. The summed E-state index contributed by atoms with van der Waals surface area (Å²) in [5, 5.41) is 2.88. The molecule has 3 rings (SSSR count). The van der Waals surface area contributed by atoms with Crippen LogP contribution in [0.4, 0.5) is 0 Å². The number of amides is 2. The Morgan fingerprint density at radius 2 is 1.73 bits per heavy atom. The maximum absolute atomic E-state index is 12.8. The van der Waals surface area contributed by atoms with Crippen molar-refractivity contribution in [1.82, 2.24) is 10.2 Å². The van der Waals surface area contributed by atoms with Crippen LogP contribution in [0.5, 0.6) is 17.2 Å². The van der Waals surface area contributed by atoms with Gasteiger partial charge >= 0.3 is 0 Å². The van der Waals surface area contributed by atoms with Crippen molar-refractivity contribution in [2.45, 2.75) is 19.1 Å². The van der Waals surface area contributed by atoms with Crippen molar-refractivity contribution >= 4 is 11.8 Å². The molecule has 0 unspecified atom stereocenters. The molecule has 0 saturated carbocycles. The summed E-state index contributed by atoms with van der Waals surface area (Å²) < 4.78 is 21.1. The molecule has 8 heteroatoms. The van der Waals surface area contributed by atoms with Crippen molar-refractivity contribution < 1.29 is 28.5 Å². The van der Waals surface area contributed by atoms with E-state index in [-0.39, 0.29) is 31.6 Å². The van der Waals surface area contributed by atoms with E-state index in [9.17, 15) is 9.59 Å². The molecule has 1 saturated heterocycles. The second kappa shape index (κ2) is 9.98. The van der Waals surface area contributed by atoms with Gasteiger partial charge in [-0.2, -0.15) is 0 Å². The molecule has 1 aliphatic rings. The first-order chi connectivity index (χ1) is 14.5. The third-order valence-corrected chi connectivity index (χ3v) is 4.93. The highest BCUT2D eigenvalue weighted by molar-refractivity contribution is 5.89. The highest BCUT2D eigenvalue weighted by atomic mass is 16.5. The lowest BCUT2D eigenvalue weighted by molar-refractivity contribution is -0.155. The molecule has 1 atom stereocenters. The molecule has 2 aromatic rings. The Morgan fingerprint density at radius 1 is 1.03 bits per heavy atom. The van der Waals surface area contributed by atoms with E-state index in [1.807, 2.05) is 30.3 Å². The molecule has 0 radical (unpaired) electrons. The second-order valence-corrected chi connectivity index (χ2v) is 6.81. The minimum Gasteiger partial charge on any atom is -0.497 e. The average molecular weight is 414 g/mol. The van der Waals surface area contributed by atoms with Gasteiger partial charge in [0.2, 0.25) is 11.8 Å². The van der Waals surface area contributed by atoms with Crippen LogP contribution in [0.1, 0.15) is 11.1 Å². The highest BCUT2D eigenvalue weighted by Gasteiger charge is 2.34. The molecule has 160 valence electrons. The summed E-state index contributed by atoms with van der Waals surface area (Å²) in [4.78, 5) is 26.8. The quantitative estimate of drug-likeness (QED) is 0.708. The van der Waals surface area contributed by atoms with Crippen molar-refractivity contribution in [3.05, 3.63) is 53.6 Å². The first kappa shape index (κ1) is 21.4. The summed E-state index contributed by atoms with van der Waals surface area (Å²) in [5.74, 6) is 1.41. The fraction of sp³-hybridized carbons (Fsp3) is 0.364. The van der Waals surface area contributed by atoms with Gasteiger partial charge in [-0.25, -0.2) is 0 Å². The molecule has 1 fully saturated rings. The van der Waals surface area contributed by atoms with Gasteiger partial charge < -0.3 is 29.2 Å². The fourth-order valence-corrected chi connectivity index (χ4v) is 3.25. The van der Waals surface area contributed by atoms with Crippen molar-refractivity contribution in [3.8, 4) is 17.2 Å². The third kappa shape index (κ3) is 5.01. The number of rotatable bonds is 8. The third-order valence-electron chi connectivity index (χ3n) is 4.93. The number of benzene rings is 2. The zero-order valence-corrected chi connectivity index (χ0v) is 17.3. The predicted molar refractivity (Wildman–Crippen MR) is 110 cm³/mol. The number of carbonyl (C=O) groups is 2. The predicted octanol–water partition coefficient (Wildman–Crippen LogP) is 1.76. The topological polar surface area (TPSA) is 86.3 Å². The largest absolute Gasteiger partial charge is 0.497 e. The SMILES string of the molecule is COc1ccc(CNC(=O)[C@@H]2COCC(=O)N2Cc2ccc(OC)c(OC)c2)cc1. The zero-order chi connectivity index (χ0) is 21.5. The second-order valence-electron chi connectivity index (χ2n) is 6.81. The van der Waals surface area contributed by atoms with Gasteiger partial charge in [0.05, 0.1) is 27.9 Å². The van der Waals surface area contributed by atoms with Gasteiger partial charge in [0.1, 0.15) is 18.4 Å². The minimum atomic E-state index is -0.711. The van der Waals surface area contributed by atoms with Crippen LogP contribution in [0.2, 0.25) is 0 Å². The van der Waals surface area contributed by atoms with Gasteiger partial charge in [-0.3, -0.25) is 9.59 Å². The first-order valence-electron chi connectivity index (χ1n) is 9.54.